The van der Waals surface area contributed by atoms with Crippen molar-refractivity contribution in [2.75, 3.05) is 19.8 Å². The minimum absolute atomic E-state index is 0.216. The van der Waals surface area contributed by atoms with E-state index in [0.717, 1.165) is 38.5 Å². The lowest BCUT2D eigenvalue weighted by Gasteiger charge is -2.35. The number of sulfonamides is 1. The quantitative estimate of drug-likeness (QED) is 0.848. The zero-order chi connectivity index (χ0) is 14.6. The van der Waals surface area contributed by atoms with Crippen LogP contribution in [0.3, 0.4) is 0 Å². The zero-order valence-corrected chi connectivity index (χ0v) is 13.8. The summed E-state index contributed by atoms with van der Waals surface area (Å²) in [6, 6.07) is 0.786. The first-order valence-corrected chi connectivity index (χ1v) is 9.77. The average Bonchev–Trinajstić information content (AvgIpc) is 2.47. The summed E-state index contributed by atoms with van der Waals surface area (Å²) in [6.45, 7) is 0. The van der Waals surface area contributed by atoms with E-state index in [1.165, 1.54) is 19.3 Å². The van der Waals surface area contributed by atoms with Crippen molar-refractivity contribution in [1.29, 1.82) is 0 Å². The lowest BCUT2D eigenvalue weighted by Crippen LogP contribution is -2.44. The molecule has 0 aromatic rings. The van der Waals surface area contributed by atoms with Crippen LogP contribution >= 0.6 is 0 Å². The third-order valence-corrected chi connectivity index (χ3v) is 7.30. The average molecular weight is 302 g/mol. The predicted octanol–water partition coefficient (Wildman–Crippen LogP) is 2.36. The molecule has 118 valence electrons. The van der Waals surface area contributed by atoms with Crippen LogP contribution in [0.15, 0.2) is 0 Å². The van der Waals surface area contributed by atoms with Crippen molar-refractivity contribution in [3.8, 4) is 0 Å². The zero-order valence-electron chi connectivity index (χ0n) is 13.0. The maximum absolute atomic E-state index is 12.6. The van der Waals surface area contributed by atoms with Gasteiger partial charge in [-0.1, -0.05) is 19.3 Å². The SMILES string of the molecule is CNC1CCC(N(C)S(=O)(=O)CC2CCCCC2)CC1. The van der Waals surface area contributed by atoms with E-state index < -0.39 is 10.0 Å². The predicted molar refractivity (Wildman–Crippen MR) is 83.2 cm³/mol. The van der Waals surface area contributed by atoms with Crippen molar-refractivity contribution in [3.05, 3.63) is 0 Å². The topological polar surface area (TPSA) is 49.4 Å². The molecule has 2 saturated carbocycles. The van der Waals surface area contributed by atoms with E-state index in [9.17, 15) is 8.42 Å². The molecule has 2 aliphatic rings. The molecule has 5 heteroatoms. The lowest BCUT2D eigenvalue weighted by atomic mass is 9.91. The third kappa shape index (κ3) is 4.18. The van der Waals surface area contributed by atoms with Gasteiger partial charge in [0.1, 0.15) is 0 Å². The molecule has 2 rings (SSSR count). The highest BCUT2D eigenvalue weighted by molar-refractivity contribution is 7.89. The van der Waals surface area contributed by atoms with Crippen LogP contribution in [0, 0.1) is 5.92 Å². The highest BCUT2D eigenvalue weighted by Crippen LogP contribution is 2.28. The van der Waals surface area contributed by atoms with Crippen molar-refractivity contribution >= 4 is 10.0 Å². The Morgan fingerprint density at radius 2 is 1.60 bits per heavy atom. The molecule has 20 heavy (non-hydrogen) atoms. The van der Waals surface area contributed by atoms with Crippen molar-refractivity contribution < 1.29 is 8.42 Å². The number of nitrogens with one attached hydrogen (secondary N) is 1. The van der Waals surface area contributed by atoms with Gasteiger partial charge in [-0.05, 0) is 51.5 Å². The monoisotopic (exact) mass is 302 g/mol. The van der Waals surface area contributed by atoms with Crippen LogP contribution in [0.5, 0.6) is 0 Å². The van der Waals surface area contributed by atoms with Gasteiger partial charge in [0.05, 0.1) is 5.75 Å². The summed E-state index contributed by atoms with van der Waals surface area (Å²) >= 11 is 0. The lowest BCUT2D eigenvalue weighted by molar-refractivity contribution is 0.252. The standard InChI is InChI=1S/C15H30N2O2S/c1-16-14-8-10-15(11-9-14)17(2)20(18,19)12-13-6-4-3-5-7-13/h13-16H,3-12H2,1-2H3. The van der Waals surface area contributed by atoms with E-state index in [-0.39, 0.29) is 6.04 Å². The van der Waals surface area contributed by atoms with Crippen LogP contribution in [-0.4, -0.2) is 44.7 Å². The molecular formula is C15H30N2O2S. The largest absolute Gasteiger partial charge is 0.317 e. The van der Waals surface area contributed by atoms with Gasteiger partial charge in [0.25, 0.3) is 0 Å². The second kappa shape index (κ2) is 7.23. The van der Waals surface area contributed by atoms with Crippen LogP contribution in [0.1, 0.15) is 57.8 Å². The normalized spacial score (nSPS) is 29.8. The minimum Gasteiger partial charge on any atom is -0.317 e. The van der Waals surface area contributed by atoms with E-state index in [1.807, 2.05) is 7.05 Å². The van der Waals surface area contributed by atoms with Gasteiger partial charge in [0.2, 0.25) is 10.0 Å². The summed E-state index contributed by atoms with van der Waals surface area (Å²) < 4.78 is 26.8. The van der Waals surface area contributed by atoms with Crippen LogP contribution in [-0.2, 0) is 10.0 Å². The summed E-state index contributed by atoms with van der Waals surface area (Å²) in [4.78, 5) is 0. The third-order valence-electron chi connectivity index (χ3n) is 5.23. The molecule has 1 N–H and O–H groups in total. The molecule has 0 spiro atoms. The van der Waals surface area contributed by atoms with Crippen molar-refractivity contribution in [2.24, 2.45) is 5.92 Å². The Hall–Kier alpha value is -0.130. The molecule has 0 saturated heterocycles. The second-order valence-corrected chi connectivity index (χ2v) is 8.67. The first-order chi connectivity index (χ1) is 9.53. The van der Waals surface area contributed by atoms with Gasteiger partial charge >= 0.3 is 0 Å². The van der Waals surface area contributed by atoms with E-state index in [1.54, 1.807) is 11.4 Å². The highest BCUT2D eigenvalue weighted by Gasteiger charge is 2.31. The molecule has 0 aromatic carbocycles. The number of nitrogens with zero attached hydrogens (tertiary/aromatic N) is 1. The van der Waals surface area contributed by atoms with Gasteiger partial charge in [0, 0.05) is 19.1 Å². The first-order valence-electron chi connectivity index (χ1n) is 8.16. The summed E-state index contributed by atoms with van der Waals surface area (Å²) in [6.07, 6.45) is 10.0. The number of hydrogen-bond donors (Lipinski definition) is 1. The molecule has 0 aliphatic heterocycles. The fourth-order valence-corrected chi connectivity index (χ4v) is 5.55. The Labute approximate surface area is 124 Å². The fraction of sp³-hybridized carbons (Fsp3) is 1.00. The molecule has 0 unspecified atom stereocenters. The molecular weight excluding hydrogens is 272 g/mol. The van der Waals surface area contributed by atoms with Crippen molar-refractivity contribution in [1.82, 2.24) is 9.62 Å². The van der Waals surface area contributed by atoms with E-state index in [0.29, 0.717) is 17.7 Å². The van der Waals surface area contributed by atoms with Gasteiger partial charge in [-0.25, -0.2) is 12.7 Å². The molecule has 2 fully saturated rings. The molecule has 0 atom stereocenters. The molecule has 0 bridgehead atoms. The molecule has 0 heterocycles. The Kier molecular flexibility index (Phi) is 5.87. The Bertz CT molecular complexity index is 383. The maximum atomic E-state index is 12.6. The molecule has 0 radical (unpaired) electrons. The molecule has 4 nitrogen and oxygen atoms in total. The summed E-state index contributed by atoms with van der Waals surface area (Å²) in [5.41, 5.74) is 0. The second-order valence-electron chi connectivity index (χ2n) is 6.59. The summed E-state index contributed by atoms with van der Waals surface area (Å²) in [5.74, 6) is 0.764. The first kappa shape index (κ1) is 16.2. The van der Waals surface area contributed by atoms with Gasteiger partial charge in [-0.3, -0.25) is 0 Å². The van der Waals surface area contributed by atoms with Gasteiger partial charge < -0.3 is 5.32 Å². The highest BCUT2D eigenvalue weighted by atomic mass is 32.2. The number of rotatable bonds is 5. The molecule has 0 amide bonds. The smallest absolute Gasteiger partial charge is 0.214 e. The Morgan fingerprint density at radius 1 is 1.00 bits per heavy atom. The summed E-state index contributed by atoms with van der Waals surface area (Å²) in [7, 11) is 0.718. The van der Waals surface area contributed by atoms with Gasteiger partial charge in [-0.2, -0.15) is 0 Å². The van der Waals surface area contributed by atoms with Crippen molar-refractivity contribution in [3.63, 3.8) is 0 Å². The Balaban J connectivity index is 1.88. The van der Waals surface area contributed by atoms with Crippen LogP contribution in [0.25, 0.3) is 0 Å². The van der Waals surface area contributed by atoms with Crippen LogP contribution < -0.4 is 5.32 Å². The van der Waals surface area contributed by atoms with Crippen molar-refractivity contribution in [2.45, 2.75) is 69.9 Å². The minimum atomic E-state index is -3.07. The van der Waals surface area contributed by atoms with E-state index in [2.05, 4.69) is 5.32 Å². The van der Waals surface area contributed by atoms with E-state index in [4.69, 9.17) is 0 Å². The number of hydrogen-bond acceptors (Lipinski definition) is 3. The van der Waals surface area contributed by atoms with Crippen LogP contribution in [0.2, 0.25) is 0 Å². The van der Waals surface area contributed by atoms with Crippen LogP contribution in [0.4, 0.5) is 0 Å². The van der Waals surface area contributed by atoms with E-state index >= 15 is 0 Å². The van der Waals surface area contributed by atoms with Gasteiger partial charge in [0.15, 0.2) is 0 Å². The van der Waals surface area contributed by atoms with Gasteiger partial charge in [-0.15, -0.1) is 0 Å². The molecule has 0 aromatic heterocycles. The summed E-state index contributed by atoms with van der Waals surface area (Å²) in [5, 5.41) is 3.30. The Morgan fingerprint density at radius 3 is 2.15 bits per heavy atom. The molecule has 2 aliphatic carbocycles. The fourth-order valence-electron chi connectivity index (χ4n) is 3.72. The maximum Gasteiger partial charge on any atom is 0.214 e.